The van der Waals surface area contributed by atoms with Gasteiger partial charge in [-0.05, 0) is 80.7 Å². The van der Waals surface area contributed by atoms with Crippen molar-refractivity contribution in [1.29, 1.82) is 0 Å². The van der Waals surface area contributed by atoms with Crippen LogP contribution in [0.4, 0.5) is 0 Å². The van der Waals surface area contributed by atoms with Crippen LogP contribution in [-0.2, 0) is 27.3 Å². The van der Waals surface area contributed by atoms with Gasteiger partial charge in [0.1, 0.15) is 0 Å². The van der Waals surface area contributed by atoms with Crippen LogP contribution in [0.1, 0.15) is 346 Å². The predicted octanol–water partition coefficient (Wildman–Crippen LogP) is 25.7. The summed E-state index contributed by atoms with van der Waals surface area (Å²) < 4.78 is 1.55. The Morgan fingerprint density at radius 2 is 0.787 bits per heavy atom. The minimum absolute atomic E-state index is 0.982. The number of hydrogen-bond acceptors (Lipinski definition) is 0. The number of hydrogen-bond donors (Lipinski definition) is 0. The maximum absolute atomic E-state index is 11.9. The van der Waals surface area contributed by atoms with Crippen molar-refractivity contribution in [2.75, 3.05) is 0 Å². The molecule has 1 aliphatic rings. The van der Waals surface area contributed by atoms with Gasteiger partial charge in [-0.2, -0.15) is 0 Å². The smallest absolute Gasteiger partial charge is 0.0654 e. The Morgan fingerprint density at radius 1 is 0.373 bits per heavy atom. The first-order valence-electron chi connectivity index (χ1n) is 33.3. The Morgan fingerprint density at radius 3 is 1.24 bits per heavy atom. The number of aryl methyl sites for hydroxylation is 2. The van der Waals surface area contributed by atoms with Gasteiger partial charge < -0.3 is 5.53 Å². The molecule has 0 saturated heterocycles. The second-order valence-corrected chi connectivity index (χ2v) is 24.3. The Kier molecular flexibility index (Phi) is 47.0. The van der Waals surface area contributed by atoms with Crippen molar-refractivity contribution in [1.82, 2.24) is 0 Å². The van der Waals surface area contributed by atoms with Crippen LogP contribution in [-0.4, -0.2) is 4.70 Å². The fourth-order valence-electron chi connectivity index (χ4n) is 11.1. The van der Waals surface area contributed by atoms with Gasteiger partial charge in [-0.3, -0.25) is 0 Å². The molecule has 3 heteroatoms. The van der Waals surface area contributed by atoms with Gasteiger partial charge in [-0.15, -0.1) is 0 Å². The number of benzene rings is 2. The van der Waals surface area contributed by atoms with Crippen molar-refractivity contribution in [2.45, 2.75) is 348 Å². The van der Waals surface area contributed by atoms with E-state index in [0.29, 0.717) is 0 Å². The molecule has 2 aromatic carbocycles. The molecule has 1 heterocycles. The minimum Gasteiger partial charge on any atom is -0.0654 e. The molecule has 0 aromatic heterocycles. The number of nitrogens with zero attached hydrogens (tertiary/aromatic N) is 2. The first-order valence-corrected chi connectivity index (χ1v) is 34.7. The molecule has 0 atom stereocenters. The van der Waals surface area contributed by atoms with E-state index in [4.69, 9.17) is 0 Å². The van der Waals surface area contributed by atoms with E-state index in [1.807, 2.05) is 14.4 Å². The molecule has 2 nitrogen and oxygen atoms in total. The van der Waals surface area contributed by atoms with Gasteiger partial charge in [-0.1, -0.05) is 187 Å². The van der Waals surface area contributed by atoms with Crippen molar-refractivity contribution in [3.8, 4) is 0 Å². The standard InChI is InChI=1S/C44H66N2.2C14H29.Ni/c1-5-9-11-12-13-14-15-16-17-18-19-20-21-22-23-24-25-31-38-32-26-27-35-40(38)44-41(29-7-3)42(34-10-6-2)43(46(44)45)39-33-28-30-37(8-4)36-39;2*1-3-5-7-9-11-13-14-12-10-8-6-4-2;/h23-24,26-28,30,32-33,35-36H,5-22,25,29,31,34H2,1-4H3;2*1,3-14H2,2H3;. The van der Waals surface area contributed by atoms with E-state index in [1.165, 1.54) is 283 Å². The zero-order valence-corrected chi connectivity index (χ0v) is 51.9. The molecular formula is C72H124N2Ni. The average molecular weight is 1080 g/mol. The van der Waals surface area contributed by atoms with Crippen LogP contribution in [0.5, 0.6) is 0 Å². The summed E-state index contributed by atoms with van der Waals surface area (Å²) in [5.41, 5.74) is 21.6. The molecule has 3 rings (SSSR count). The first kappa shape index (κ1) is 68.9. The van der Waals surface area contributed by atoms with Gasteiger partial charge in [0.25, 0.3) is 0 Å². The van der Waals surface area contributed by atoms with E-state index in [1.54, 1.807) is 4.70 Å². The topological polar surface area (TPSA) is 25.3 Å². The summed E-state index contributed by atoms with van der Waals surface area (Å²) in [4.78, 5) is 0. The fraction of sp³-hybridized carbons (Fsp3) is 0.750. The third kappa shape index (κ3) is 34.4. The molecule has 0 radical (unpaired) electrons. The zero-order valence-electron chi connectivity index (χ0n) is 50.9. The van der Waals surface area contributed by atoms with Crippen LogP contribution in [0.25, 0.3) is 16.9 Å². The minimum atomic E-state index is 0.982. The Labute approximate surface area is 475 Å². The van der Waals surface area contributed by atoms with Gasteiger partial charge in [0.15, 0.2) is 0 Å². The molecule has 432 valence electrons. The molecule has 0 amide bonds. The molecule has 1 aliphatic heterocycles. The van der Waals surface area contributed by atoms with Gasteiger partial charge in [-0.25, -0.2) is 4.70 Å². The van der Waals surface area contributed by atoms with Crippen LogP contribution in [0, 0.1) is 0 Å². The Bertz CT molecular complexity index is 1690. The third-order valence-corrected chi connectivity index (χ3v) is 17.3. The average Bonchev–Trinajstić information content (AvgIpc) is 3.70. The van der Waals surface area contributed by atoms with E-state index in [0.717, 1.165) is 68.3 Å². The molecule has 0 saturated carbocycles. The summed E-state index contributed by atoms with van der Waals surface area (Å²) in [5.74, 6) is 0. The summed E-state index contributed by atoms with van der Waals surface area (Å²) in [7, 11) is 0. The number of allylic oxidation sites excluding steroid dienone is 4. The van der Waals surface area contributed by atoms with Gasteiger partial charge in [0.2, 0.25) is 11.4 Å². The van der Waals surface area contributed by atoms with Gasteiger partial charge in [0, 0.05) is 22.3 Å². The van der Waals surface area contributed by atoms with Crippen LogP contribution < -0.4 is 0 Å². The monoisotopic (exact) mass is 1070 g/mol. The Balaban J connectivity index is 0.000000574. The summed E-state index contributed by atoms with van der Waals surface area (Å²) in [6, 6.07) is 17.6. The summed E-state index contributed by atoms with van der Waals surface area (Å²) >= 11 is 2.04. The molecule has 0 aliphatic carbocycles. The molecule has 0 unspecified atom stereocenters. The molecular weight excluding hydrogens is 951 g/mol. The summed E-state index contributed by atoms with van der Waals surface area (Å²) in [6.45, 7) is 13.6. The van der Waals surface area contributed by atoms with E-state index in [2.05, 4.69) is 102 Å². The maximum atomic E-state index is 11.9. The summed E-state index contributed by atoms with van der Waals surface area (Å²) in [5, 5.41) is 2.87. The van der Waals surface area contributed by atoms with Crippen LogP contribution in [0.15, 0.2) is 71.8 Å². The van der Waals surface area contributed by atoms with Crippen molar-refractivity contribution in [2.24, 2.45) is 0 Å². The van der Waals surface area contributed by atoms with Crippen molar-refractivity contribution < 1.29 is 19.1 Å². The molecule has 75 heavy (non-hydrogen) atoms. The van der Waals surface area contributed by atoms with Gasteiger partial charge in [0.05, 0.1) is 0 Å². The van der Waals surface area contributed by atoms with Gasteiger partial charge >= 0.3 is 166 Å². The van der Waals surface area contributed by atoms with Crippen LogP contribution >= 0.6 is 0 Å². The number of unbranched alkanes of at least 4 members (excludes halogenated alkanes) is 36. The second kappa shape index (κ2) is 51.2. The molecule has 0 spiro atoms. The van der Waals surface area contributed by atoms with Crippen LogP contribution in [0.2, 0.25) is 10.8 Å². The zero-order chi connectivity index (χ0) is 53.9. The predicted molar refractivity (Wildman–Crippen MR) is 334 cm³/mol. The second-order valence-electron chi connectivity index (χ2n) is 22.8. The van der Waals surface area contributed by atoms with E-state index < -0.39 is 0 Å². The normalized spacial score (nSPS) is 12.8. The fourth-order valence-corrected chi connectivity index (χ4v) is 12.3. The van der Waals surface area contributed by atoms with Crippen molar-refractivity contribution >= 4 is 11.4 Å². The third-order valence-electron chi connectivity index (χ3n) is 15.9. The van der Waals surface area contributed by atoms with E-state index in [9.17, 15) is 5.53 Å². The van der Waals surface area contributed by atoms with Crippen molar-refractivity contribution in [3.63, 3.8) is 0 Å². The molecule has 0 bridgehead atoms. The first-order chi connectivity index (χ1) is 37.1. The SMILES string of the molecule is CCCCCCCCCCCCCCCC=CCCc1ccccc1C1=C(CCC)C(CCCC)=C(c2cccc(CC)c2)[N+]1=[N-].CCCCCCCCCCCCC[CH2][Ni][CH2]CCCCCCCCCCCCC. The number of rotatable bonds is 51. The Hall–Kier alpha value is -2.25. The quantitative estimate of drug-likeness (QED) is 0.0273. The van der Waals surface area contributed by atoms with E-state index >= 15 is 0 Å². The van der Waals surface area contributed by atoms with Crippen molar-refractivity contribution in [3.05, 3.63) is 99.6 Å². The molecule has 2 aromatic rings. The van der Waals surface area contributed by atoms with Crippen LogP contribution in [0.3, 0.4) is 0 Å². The summed E-state index contributed by atoms with van der Waals surface area (Å²) in [6.07, 6.45) is 67.9. The van der Waals surface area contributed by atoms with E-state index in [-0.39, 0.29) is 0 Å². The molecule has 0 N–H and O–H groups in total. The molecule has 0 fully saturated rings.